The fourth-order valence-electron chi connectivity index (χ4n) is 3.94. The summed E-state index contributed by atoms with van der Waals surface area (Å²) in [6.07, 6.45) is 5.48. The monoisotopic (exact) mass is 523 g/mol. The Balaban J connectivity index is 1.50. The molecule has 5 nitrogen and oxygen atoms in total. The van der Waals surface area contributed by atoms with Gasteiger partial charge in [-0.3, -0.25) is 9.69 Å². The number of hydrogen-bond acceptors (Lipinski definition) is 5. The molecule has 5 rings (SSSR count). The van der Waals surface area contributed by atoms with Crippen molar-refractivity contribution in [1.29, 1.82) is 0 Å². The Hall–Kier alpha value is -3.94. The largest absolute Gasteiger partial charge is 0.489 e. The number of carbonyl (C=O) groups is 1. The second kappa shape index (κ2) is 11.0. The van der Waals surface area contributed by atoms with Gasteiger partial charge in [-0.1, -0.05) is 90.2 Å². The number of benzene rings is 3. The average Bonchev–Trinajstić information content (AvgIpc) is 3.46. The van der Waals surface area contributed by atoms with Gasteiger partial charge in [0.15, 0.2) is 0 Å². The average molecular weight is 524 g/mol. The Kier molecular flexibility index (Phi) is 7.35. The minimum atomic E-state index is -0.122. The van der Waals surface area contributed by atoms with Crippen molar-refractivity contribution < 1.29 is 9.53 Å². The number of hydrogen-bond donors (Lipinski definition) is 0. The smallest absolute Gasteiger partial charge is 0.266 e. The van der Waals surface area contributed by atoms with E-state index in [2.05, 4.69) is 37.8 Å². The molecule has 0 spiro atoms. The van der Waals surface area contributed by atoms with Crippen LogP contribution in [-0.4, -0.2) is 31.5 Å². The molecule has 0 radical (unpaired) electrons. The van der Waals surface area contributed by atoms with E-state index in [9.17, 15) is 4.79 Å². The first kappa shape index (κ1) is 24.7. The first-order valence-corrected chi connectivity index (χ1v) is 13.0. The number of para-hydroxylation sites is 1. The van der Waals surface area contributed by atoms with Crippen LogP contribution in [0, 0.1) is 6.92 Å². The van der Waals surface area contributed by atoms with Crippen molar-refractivity contribution in [1.82, 2.24) is 14.7 Å². The van der Waals surface area contributed by atoms with Crippen molar-refractivity contribution in [2.75, 3.05) is 6.54 Å². The standard InChI is InChI=1S/C30H25N3O2S2/c1-3-16-32-29(34)27(37-30(32)36)18-24-19-33(25-9-5-4-6-10-25)31-28(24)23-8-7-11-26(17-23)35-20-22-14-12-21(2)13-15-22/h3-15,17-19H,1,16,20H2,2H3/b27-18-. The van der Waals surface area contributed by atoms with Crippen LogP contribution in [0.25, 0.3) is 23.0 Å². The molecule has 1 saturated heterocycles. The number of ether oxygens (including phenoxy) is 1. The second-order valence-electron chi connectivity index (χ2n) is 8.60. The summed E-state index contributed by atoms with van der Waals surface area (Å²) in [5.74, 6) is 0.624. The van der Waals surface area contributed by atoms with Crippen LogP contribution in [0.2, 0.25) is 0 Å². The molecule has 0 N–H and O–H groups in total. The molecule has 1 aliphatic heterocycles. The molecule has 1 aromatic heterocycles. The SMILES string of the molecule is C=CCN1C(=O)/C(=C/c2cn(-c3ccccc3)nc2-c2cccc(OCc3ccc(C)cc3)c2)SC1=S. The van der Waals surface area contributed by atoms with Gasteiger partial charge in [-0.05, 0) is 42.8 Å². The molecule has 1 amide bonds. The minimum absolute atomic E-state index is 0.122. The molecule has 0 atom stereocenters. The minimum Gasteiger partial charge on any atom is -0.489 e. The third kappa shape index (κ3) is 5.58. The van der Waals surface area contributed by atoms with Crippen LogP contribution in [-0.2, 0) is 11.4 Å². The predicted octanol–water partition coefficient (Wildman–Crippen LogP) is 6.81. The third-order valence-electron chi connectivity index (χ3n) is 5.87. The normalized spacial score (nSPS) is 14.4. The van der Waals surface area contributed by atoms with E-state index >= 15 is 0 Å². The van der Waals surface area contributed by atoms with Crippen molar-refractivity contribution in [3.63, 3.8) is 0 Å². The first-order valence-electron chi connectivity index (χ1n) is 11.8. The van der Waals surface area contributed by atoms with Gasteiger partial charge in [-0.2, -0.15) is 5.10 Å². The number of rotatable bonds is 8. The summed E-state index contributed by atoms with van der Waals surface area (Å²) in [6, 6.07) is 26.1. The first-order chi connectivity index (χ1) is 18.0. The molecule has 1 fully saturated rings. The Morgan fingerprint density at radius 2 is 1.84 bits per heavy atom. The van der Waals surface area contributed by atoms with E-state index in [4.69, 9.17) is 22.1 Å². The van der Waals surface area contributed by atoms with E-state index < -0.39 is 0 Å². The van der Waals surface area contributed by atoms with Crippen LogP contribution in [0.3, 0.4) is 0 Å². The lowest BCUT2D eigenvalue weighted by Crippen LogP contribution is -2.27. The van der Waals surface area contributed by atoms with Crippen molar-refractivity contribution in [3.8, 4) is 22.7 Å². The zero-order valence-electron chi connectivity index (χ0n) is 20.3. The predicted molar refractivity (Wildman–Crippen MR) is 155 cm³/mol. The number of thioether (sulfide) groups is 1. The summed E-state index contributed by atoms with van der Waals surface area (Å²) >= 11 is 6.71. The van der Waals surface area contributed by atoms with Crippen LogP contribution in [0.5, 0.6) is 5.75 Å². The van der Waals surface area contributed by atoms with Crippen LogP contribution in [0.4, 0.5) is 0 Å². The van der Waals surface area contributed by atoms with Gasteiger partial charge in [0.2, 0.25) is 0 Å². The Morgan fingerprint density at radius 1 is 1.05 bits per heavy atom. The van der Waals surface area contributed by atoms with E-state index in [1.807, 2.05) is 71.6 Å². The van der Waals surface area contributed by atoms with Crippen LogP contribution >= 0.6 is 24.0 Å². The molecular formula is C30H25N3O2S2. The Labute approximate surface area is 226 Å². The fraction of sp³-hybridized carbons (Fsp3) is 0.100. The topological polar surface area (TPSA) is 47.4 Å². The van der Waals surface area contributed by atoms with Crippen molar-refractivity contribution >= 4 is 40.3 Å². The van der Waals surface area contributed by atoms with Gasteiger partial charge in [0.25, 0.3) is 5.91 Å². The molecule has 1 aliphatic rings. The van der Waals surface area contributed by atoms with E-state index in [1.165, 1.54) is 17.3 Å². The number of nitrogens with zero attached hydrogens (tertiary/aromatic N) is 3. The number of carbonyl (C=O) groups excluding carboxylic acids is 1. The highest BCUT2D eigenvalue weighted by Crippen LogP contribution is 2.35. The highest BCUT2D eigenvalue weighted by molar-refractivity contribution is 8.26. The van der Waals surface area contributed by atoms with Gasteiger partial charge in [-0.15, -0.1) is 6.58 Å². The summed E-state index contributed by atoms with van der Waals surface area (Å²) in [7, 11) is 0. The summed E-state index contributed by atoms with van der Waals surface area (Å²) in [5, 5.41) is 4.89. The van der Waals surface area contributed by atoms with E-state index in [0.29, 0.717) is 22.4 Å². The van der Waals surface area contributed by atoms with Crippen LogP contribution in [0.15, 0.2) is 103 Å². The molecule has 4 aromatic rings. The second-order valence-corrected chi connectivity index (χ2v) is 10.3. The highest BCUT2D eigenvalue weighted by Gasteiger charge is 2.31. The molecular weight excluding hydrogens is 498 g/mol. The summed E-state index contributed by atoms with van der Waals surface area (Å²) < 4.78 is 8.44. The molecule has 0 saturated carbocycles. The summed E-state index contributed by atoms with van der Waals surface area (Å²) in [5.41, 5.74) is 5.70. The lowest BCUT2D eigenvalue weighted by Gasteiger charge is -2.10. The maximum atomic E-state index is 13.0. The van der Waals surface area contributed by atoms with Gasteiger partial charge in [0.1, 0.15) is 22.4 Å². The lowest BCUT2D eigenvalue weighted by atomic mass is 10.1. The number of amides is 1. The molecule has 0 aliphatic carbocycles. The number of aromatic nitrogens is 2. The highest BCUT2D eigenvalue weighted by atomic mass is 32.2. The molecule has 2 heterocycles. The maximum Gasteiger partial charge on any atom is 0.266 e. The maximum absolute atomic E-state index is 13.0. The van der Waals surface area contributed by atoms with Crippen LogP contribution < -0.4 is 4.74 Å². The van der Waals surface area contributed by atoms with Gasteiger partial charge in [0, 0.05) is 23.9 Å². The van der Waals surface area contributed by atoms with E-state index in [0.717, 1.165) is 33.8 Å². The lowest BCUT2D eigenvalue weighted by molar-refractivity contribution is -0.121. The van der Waals surface area contributed by atoms with E-state index in [-0.39, 0.29) is 5.91 Å². The summed E-state index contributed by atoms with van der Waals surface area (Å²) in [6.45, 7) is 6.66. The van der Waals surface area contributed by atoms with Crippen LogP contribution in [0.1, 0.15) is 16.7 Å². The Morgan fingerprint density at radius 3 is 2.59 bits per heavy atom. The summed E-state index contributed by atoms with van der Waals surface area (Å²) in [4.78, 5) is 15.1. The Bertz CT molecular complexity index is 1490. The third-order valence-corrected chi connectivity index (χ3v) is 7.25. The van der Waals surface area contributed by atoms with Crippen molar-refractivity contribution in [2.24, 2.45) is 0 Å². The van der Waals surface area contributed by atoms with Gasteiger partial charge in [0.05, 0.1) is 10.6 Å². The molecule has 0 unspecified atom stereocenters. The molecule has 37 heavy (non-hydrogen) atoms. The van der Waals surface area contributed by atoms with E-state index in [1.54, 1.807) is 11.0 Å². The number of thiocarbonyl (C=S) groups is 1. The van der Waals surface area contributed by atoms with Gasteiger partial charge < -0.3 is 4.74 Å². The fourth-order valence-corrected chi connectivity index (χ4v) is 5.21. The molecule has 3 aromatic carbocycles. The molecule has 184 valence electrons. The zero-order valence-corrected chi connectivity index (χ0v) is 22.0. The number of aryl methyl sites for hydroxylation is 1. The van der Waals surface area contributed by atoms with Gasteiger partial charge in [-0.25, -0.2) is 4.68 Å². The van der Waals surface area contributed by atoms with Crippen molar-refractivity contribution in [3.05, 3.63) is 119 Å². The zero-order chi connectivity index (χ0) is 25.8. The van der Waals surface area contributed by atoms with Crippen molar-refractivity contribution in [2.45, 2.75) is 13.5 Å². The van der Waals surface area contributed by atoms with Gasteiger partial charge >= 0.3 is 0 Å². The quantitative estimate of drug-likeness (QED) is 0.144. The molecule has 7 heteroatoms. The molecule has 0 bridgehead atoms.